The van der Waals surface area contributed by atoms with Crippen molar-refractivity contribution in [2.75, 3.05) is 13.1 Å². The van der Waals surface area contributed by atoms with Gasteiger partial charge in [-0.25, -0.2) is 9.78 Å². The highest BCUT2D eigenvalue weighted by Gasteiger charge is 2.34. The number of ether oxygens (including phenoxy) is 1. The number of rotatable bonds is 6. The first-order valence-electron chi connectivity index (χ1n) is 12.9. The van der Waals surface area contributed by atoms with Gasteiger partial charge in [0.25, 0.3) is 5.91 Å². The van der Waals surface area contributed by atoms with Gasteiger partial charge in [-0.2, -0.15) is 5.10 Å². The van der Waals surface area contributed by atoms with E-state index < -0.39 is 5.60 Å². The molecule has 200 valence electrons. The maximum absolute atomic E-state index is 12.8. The molecular weight excluding hydrogens is 500 g/mol. The fraction of sp³-hybridized carbons (Fsp3) is 0.429. The van der Waals surface area contributed by atoms with Crippen molar-refractivity contribution in [2.45, 2.75) is 59.2 Å². The minimum absolute atomic E-state index is 0.0434. The topological polar surface area (TPSA) is 93.8 Å². The summed E-state index contributed by atoms with van der Waals surface area (Å²) in [5.41, 5.74) is 2.41. The van der Waals surface area contributed by atoms with Gasteiger partial charge in [0.2, 0.25) is 0 Å². The Morgan fingerprint density at radius 1 is 1.16 bits per heavy atom. The number of likely N-dealkylation sites (tertiary alicyclic amines) is 1. The highest BCUT2D eigenvalue weighted by Crippen LogP contribution is 2.34. The molecule has 0 saturated carbocycles. The van der Waals surface area contributed by atoms with Gasteiger partial charge in [-0.3, -0.25) is 9.48 Å². The van der Waals surface area contributed by atoms with Gasteiger partial charge in [-0.05, 0) is 68.9 Å². The third-order valence-electron chi connectivity index (χ3n) is 6.83. The fourth-order valence-corrected chi connectivity index (χ4v) is 5.53. The third kappa shape index (κ3) is 6.07. The molecule has 38 heavy (non-hydrogen) atoms. The monoisotopic (exact) mass is 534 g/mol. The van der Waals surface area contributed by atoms with Crippen LogP contribution in [-0.4, -0.2) is 54.8 Å². The highest BCUT2D eigenvalue weighted by atomic mass is 32.1. The van der Waals surface area contributed by atoms with E-state index >= 15 is 0 Å². The van der Waals surface area contributed by atoms with Crippen LogP contribution in [0.15, 0.2) is 55.2 Å². The molecule has 1 N–H and O–H groups in total. The Morgan fingerprint density at radius 3 is 2.71 bits per heavy atom. The average molecular weight is 535 g/mol. The predicted octanol–water partition coefficient (Wildman–Crippen LogP) is 5.23. The maximum Gasteiger partial charge on any atom is 0.410 e. The molecule has 1 fully saturated rings. The van der Waals surface area contributed by atoms with Gasteiger partial charge < -0.3 is 19.4 Å². The quantitative estimate of drug-likeness (QED) is 0.366. The second-order valence-electron chi connectivity index (χ2n) is 11.3. The molecule has 1 aliphatic heterocycles. The number of nitrogens with one attached hydrogen (secondary N) is 1. The number of pyridine rings is 1. The van der Waals surface area contributed by atoms with E-state index in [1.165, 1.54) is 11.3 Å². The zero-order valence-corrected chi connectivity index (χ0v) is 23.1. The van der Waals surface area contributed by atoms with Crippen LogP contribution < -0.4 is 5.32 Å². The standard InChI is InChI=1S/C28H34N6O3S/c1-27(2,3)37-26(36)33-12-8-28(4,9-13-33)19-34-18-21(17-31-34)22-5-6-23(38-22)25(35)30-16-20-7-11-32-14-10-29-24(32)15-20/h5-7,10-11,14-15,17-18H,8-9,12-13,16,19H2,1-4H3,(H,30,35). The summed E-state index contributed by atoms with van der Waals surface area (Å²) in [5, 5.41) is 7.60. The molecule has 9 nitrogen and oxygen atoms in total. The van der Waals surface area contributed by atoms with E-state index in [0.29, 0.717) is 24.5 Å². The molecule has 4 aromatic rings. The fourth-order valence-electron chi connectivity index (χ4n) is 4.63. The molecular formula is C28H34N6O3S. The first kappa shape index (κ1) is 26.0. The minimum Gasteiger partial charge on any atom is -0.444 e. The van der Waals surface area contributed by atoms with E-state index in [4.69, 9.17) is 4.74 Å². The van der Waals surface area contributed by atoms with Gasteiger partial charge in [0.15, 0.2) is 0 Å². The smallest absolute Gasteiger partial charge is 0.410 e. The number of carbonyl (C=O) groups is 2. The van der Waals surface area contributed by atoms with Gasteiger partial charge in [-0.1, -0.05) is 6.92 Å². The third-order valence-corrected chi connectivity index (χ3v) is 7.96. The number of fused-ring (bicyclic) bond motifs is 1. The van der Waals surface area contributed by atoms with Crippen LogP contribution in [0.25, 0.3) is 16.1 Å². The number of hydrogen-bond donors (Lipinski definition) is 1. The van der Waals surface area contributed by atoms with E-state index in [9.17, 15) is 9.59 Å². The Balaban J connectivity index is 1.15. The molecule has 5 rings (SSSR count). The number of hydrogen-bond acceptors (Lipinski definition) is 6. The van der Waals surface area contributed by atoms with Crippen LogP contribution >= 0.6 is 11.3 Å². The van der Waals surface area contributed by atoms with Crippen LogP contribution in [0.3, 0.4) is 0 Å². The Labute approximate surface area is 226 Å². The van der Waals surface area contributed by atoms with Crippen LogP contribution in [0.1, 0.15) is 55.8 Å². The Bertz CT molecular complexity index is 1440. The Morgan fingerprint density at radius 2 is 1.95 bits per heavy atom. The molecule has 5 heterocycles. The maximum atomic E-state index is 12.8. The van der Waals surface area contributed by atoms with Crippen molar-refractivity contribution in [2.24, 2.45) is 5.41 Å². The Hall–Kier alpha value is -3.66. The molecule has 0 aliphatic carbocycles. The number of piperidine rings is 1. The van der Waals surface area contributed by atoms with Crippen molar-refractivity contribution in [3.8, 4) is 10.4 Å². The van der Waals surface area contributed by atoms with Crippen LogP contribution in [-0.2, 0) is 17.8 Å². The van der Waals surface area contributed by atoms with Crippen molar-refractivity contribution in [3.05, 3.63) is 65.7 Å². The highest BCUT2D eigenvalue weighted by molar-refractivity contribution is 7.17. The second-order valence-corrected chi connectivity index (χ2v) is 12.4. The molecule has 0 bridgehead atoms. The molecule has 0 atom stereocenters. The number of nitrogens with zero attached hydrogens (tertiary/aromatic N) is 5. The SMILES string of the molecule is CC1(Cn2cc(-c3ccc(C(=O)NCc4ccn5ccnc5c4)s3)cn2)CCN(C(=O)OC(C)(C)C)CC1. The van der Waals surface area contributed by atoms with Crippen LogP contribution in [0.5, 0.6) is 0 Å². The molecule has 4 aromatic heterocycles. The number of carbonyl (C=O) groups excluding carboxylic acids is 2. The lowest BCUT2D eigenvalue weighted by atomic mass is 9.80. The van der Waals surface area contributed by atoms with Gasteiger partial charge in [0, 0.05) is 61.4 Å². The van der Waals surface area contributed by atoms with E-state index in [1.54, 1.807) is 11.1 Å². The zero-order chi connectivity index (χ0) is 26.9. The summed E-state index contributed by atoms with van der Waals surface area (Å²) in [7, 11) is 0. The summed E-state index contributed by atoms with van der Waals surface area (Å²) >= 11 is 1.46. The van der Waals surface area contributed by atoms with Crippen molar-refractivity contribution in [1.29, 1.82) is 0 Å². The molecule has 1 saturated heterocycles. The number of aromatic nitrogens is 4. The van der Waals surface area contributed by atoms with Gasteiger partial charge in [0.05, 0.1) is 11.1 Å². The van der Waals surface area contributed by atoms with Gasteiger partial charge in [-0.15, -0.1) is 11.3 Å². The number of thiophene rings is 1. The van der Waals surface area contributed by atoms with E-state index in [-0.39, 0.29) is 17.4 Å². The molecule has 0 aromatic carbocycles. The summed E-state index contributed by atoms with van der Waals surface area (Å²) in [4.78, 5) is 32.9. The summed E-state index contributed by atoms with van der Waals surface area (Å²) in [6.07, 6.45) is 11.0. The lowest BCUT2D eigenvalue weighted by molar-refractivity contribution is 0.00976. The van der Waals surface area contributed by atoms with E-state index in [1.807, 2.05) is 78.9 Å². The van der Waals surface area contributed by atoms with Gasteiger partial charge in [0.1, 0.15) is 11.2 Å². The van der Waals surface area contributed by atoms with Crippen LogP contribution in [0.4, 0.5) is 4.79 Å². The van der Waals surface area contributed by atoms with Gasteiger partial charge >= 0.3 is 6.09 Å². The first-order valence-corrected chi connectivity index (χ1v) is 13.7. The van der Waals surface area contributed by atoms with Crippen molar-refractivity contribution < 1.29 is 14.3 Å². The lowest BCUT2D eigenvalue weighted by Crippen LogP contribution is -2.45. The van der Waals surface area contributed by atoms with Crippen molar-refractivity contribution in [3.63, 3.8) is 0 Å². The zero-order valence-electron chi connectivity index (χ0n) is 22.3. The molecule has 0 radical (unpaired) electrons. The normalized spacial score (nSPS) is 15.5. The number of imidazole rings is 1. The largest absolute Gasteiger partial charge is 0.444 e. The summed E-state index contributed by atoms with van der Waals surface area (Å²) in [6.45, 7) is 10.5. The summed E-state index contributed by atoms with van der Waals surface area (Å²) < 4.78 is 9.43. The molecule has 2 amide bonds. The molecule has 1 aliphatic rings. The summed E-state index contributed by atoms with van der Waals surface area (Å²) in [6, 6.07) is 7.78. The van der Waals surface area contributed by atoms with Crippen molar-refractivity contribution in [1.82, 2.24) is 29.4 Å². The molecule has 0 spiro atoms. The predicted molar refractivity (Wildman–Crippen MR) is 147 cm³/mol. The van der Waals surface area contributed by atoms with Crippen LogP contribution in [0, 0.1) is 5.41 Å². The van der Waals surface area contributed by atoms with E-state index in [2.05, 4.69) is 22.3 Å². The lowest BCUT2D eigenvalue weighted by Gasteiger charge is -2.39. The number of amides is 2. The van der Waals surface area contributed by atoms with E-state index in [0.717, 1.165) is 41.0 Å². The Kier molecular flexibility index (Phi) is 7.00. The minimum atomic E-state index is -0.485. The average Bonchev–Trinajstić information content (AvgIpc) is 3.62. The summed E-state index contributed by atoms with van der Waals surface area (Å²) in [5.74, 6) is -0.0962. The first-order chi connectivity index (χ1) is 18.1. The van der Waals surface area contributed by atoms with Crippen LogP contribution in [0.2, 0.25) is 0 Å². The molecule has 10 heteroatoms. The van der Waals surface area contributed by atoms with Crippen molar-refractivity contribution >= 4 is 29.0 Å². The second kappa shape index (κ2) is 10.2. The molecule has 0 unspecified atom stereocenters.